The number of aromatic hydroxyl groups is 1. The average molecular weight is 278 g/mol. The van der Waals surface area contributed by atoms with E-state index in [2.05, 4.69) is 0 Å². The number of ketones is 1. The fourth-order valence-electron chi connectivity index (χ4n) is 2.45. The van der Waals surface area contributed by atoms with Crippen LogP contribution in [0.2, 0.25) is 0 Å². The molecule has 1 aliphatic rings. The predicted octanol–water partition coefficient (Wildman–Crippen LogP) is 2.24. The number of rotatable bonds is 5. The fourth-order valence-corrected chi connectivity index (χ4v) is 2.45. The minimum Gasteiger partial charge on any atom is -0.504 e. The summed E-state index contributed by atoms with van der Waals surface area (Å²) in [7, 11) is 1.40. The molecule has 5 heteroatoms. The van der Waals surface area contributed by atoms with Gasteiger partial charge >= 0.3 is 5.97 Å². The van der Waals surface area contributed by atoms with Crippen LogP contribution in [0.3, 0.4) is 0 Å². The van der Waals surface area contributed by atoms with Gasteiger partial charge in [-0.15, -0.1) is 0 Å². The van der Waals surface area contributed by atoms with Gasteiger partial charge < -0.3 is 19.4 Å². The summed E-state index contributed by atoms with van der Waals surface area (Å²) in [4.78, 5) is 23.0. The number of Topliss-reactive ketones (excluding diaryl/α,β-unsaturated/α-hetero) is 1. The quantitative estimate of drug-likeness (QED) is 0.836. The second kappa shape index (κ2) is 5.94. The Hall–Kier alpha value is -2.04. The van der Waals surface area contributed by atoms with Gasteiger partial charge in [-0.25, -0.2) is 4.79 Å². The Morgan fingerprint density at radius 1 is 1.50 bits per heavy atom. The highest BCUT2D eigenvalue weighted by atomic mass is 16.5. The van der Waals surface area contributed by atoms with Crippen molar-refractivity contribution in [1.82, 2.24) is 0 Å². The second-order valence-corrected chi connectivity index (χ2v) is 4.98. The van der Waals surface area contributed by atoms with Gasteiger partial charge in [0.25, 0.3) is 0 Å². The van der Waals surface area contributed by atoms with Gasteiger partial charge in [0.1, 0.15) is 17.5 Å². The van der Waals surface area contributed by atoms with E-state index in [1.165, 1.54) is 13.2 Å². The molecule has 0 saturated heterocycles. The number of cyclic esters (lactones) is 1. The summed E-state index contributed by atoms with van der Waals surface area (Å²) >= 11 is 0. The van der Waals surface area contributed by atoms with Gasteiger partial charge in [0, 0.05) is 12.8 Å². The van der Waals surface area contributed by atoms with E-state index in [0.29, 0.717) is 31.2 Å². The van der Waals surface area contributed by atoms with Gasteiger partial charge in [0.15, 0.2) is 11.5 Å². The minimum atomic E-state index is -0.480. The van der Waals surface area contributed by atoms with Crippen LogP contribution in [-0.4, -0.2) is 30.1 Å². The summed E-state index contributed by atoms with van der Waals surface area (Å²) in [6.07, 6.45) is 2.23. The first kappa shape index (κ1) is 14.4. The van der Waals surface area contributed by atoms with Crippen molar-refractivity contribution in [3.8, 4) is 11.5 Å². The van der Waals surface area contributed by atoms with Crippen LogP contribution >= 0.6 is 0 Å². The number of phenolic OH excluding ortho intramolecular Hbond substituents is 1. The van der Waals surface area contributed by atoms with E-state index in [1.54, 1.807) is 13.0 Å². The number of hydrogen-bond donors (Lipinski definition) is 1. The summed E-state index contributed by atoms with van der Waals surface area (Å²) in [5, 5.41) is 9.68. The van der Waals surface area contributed by atoms with Crippen LogP contribution in [0, 0.1) is 0 Å². The van der Waals surface area contributed by atoms with E-state index in [4.69, 9.17) is 9.47 Å². The van der Waals surface area contributed by atoms with Crippen molar-refractivity contribution in [3.63, 3.8) is 0 Å². The van der Waals surface area contributed by atoms with Crippen molar-refractivity contribution in [2.24, 2.45) is 0 Å². The normalized spacial score (nSPS) is 17.3. The van der Waals surface area contributed by atoms with Gasteiger partial charge in [0.2, 0.25) is 0 Å². The zero-order chi connectivity index (χ0) is 14.7. The average Bonchev–Trinajstić information content (AvgIpc) is 2.39. The Labute approximate surface area is 117 Å². The van der Waals surface area contributed by atoms with Gasteiger partial charge in [-0.05, 0) is 31.4 Å². The Bertz CT molecular complexity index is 535. The molecule has 20 heavy (non-hydrogen) atoms. The summed E-state index contributed by atoms with van der Waals surface area (Å²) in [6, 6.07) is 3.23. The highest BCUT2D eigenvalue weighted by Gasteiger charge is 2.30. The maximum Gasteiger partial charge on any atom is 0.342 e. The maximum absolute atomic E-state index is 12.0. The van der Waals surface area contributed by atoms with Crippen molar-refractivity contribution < 1.29 is 24.2 Å². The summed E-state index contributed by atoms with van der Waals surface area (Å²) in [6.45, 7) is 1.55. The first-order chi connectivity index (χ1) is 9.52. The molecule has 0 bridgehead atoms. The van der Waals surface area contributed by atoms with E-state index in [0.717, 1.165) is 5.56 Å². The van der Waals surface area contributed by atoms with Crippen molar-refractivity contribution >= 4 is 11.8 Å². The topological polar surface area (TPSA) is 72.8 Å². The Morgan fingerprint density at radius 3 is 2.90 bits per heavy atom. The van der Waals surface area contributed by atoms with Gasteiger partial charge in [-0.3, -0.25) is 0 Å². The molecule has 0 spiro atoms. The summed E-state index contributed by atoms with van der Waals surface area (Å²) < 4.78 is 10.4. The first-order valence-corrected chi connectivity index (χ1v) is 6.62. The van der Waals surface area contributed by atoms with Crippen molar-refractivity contribution in [2.45, 2.75) is 38.7 Å². The summed E-state index contributed by atoms with van der Waals surface area (Å²) in [5.74, 6) is -0.251. The maximum atomic E-state index is 12.0. The minimum absolute atomic E-state index is 0.0711. The molecule has 0 aromatic heterocycles. The number of phenols is 1. The number of carbonyl (C=O) groups is 2. The number of carbonyl (C=O) groups excluding carboxylic acids is 2. The molecule has 0 amide bonds. The molecule has 1 aromatic carbocycles. The molecule has 2 rings (SSSR count). The third-order valence-electron chi connectivity index (χ3n) is 3.41. The van der Waals surface area contributed by atoms with Gasteiger partial charge in [0.05, 0.1) is 7.11 Å². The number of methoxy groups -OCH3 is 1. The number of benzene rings is 1. The molecular formula is C15H18O5. The molecule has 1 aromatic rings. The molecule has 5 nitrogen and oxygen atoms in total. The van der Waals surface area contributed by atoms with Crippen LogP contribution in [0.5, 0.6) is 11.5 Å². The van der Waals surface area contributed by atoms with Crippen molar-refractivity contribution in [3.05, 3.63) is 23.3 Å². The molecular weight excluding hydrogens is 260 g/mol. The number of esters is 1. The highest BCUT2D eigenvalue weighted by molar-refractivity contribution is 5.96. The molecule has 1 N–H and O–H groups in total. The third kappa shape index (κ3) is 2.92. The Morgan fingerprint density at radius 2 is 2.25 bits per heavy atom. The largest absolute Gasteiger partial charge is 0.504 e. The van der Waals surface area contributed by atoms with Gasteiger partial charge in [-0.1, -0.05) is 6.07 Å². The van der Waals surface area contributed by atoms with Crippen LogP contribution in [0.15, 0.2) is 12.1 Å². The molecule has 0 fully saturated rings. The van der Waals surface area contributed by atoms with Crippen LogP contribution in [0.25, 0.3) is 0 Å². The lowest BCUT2D eigenvalue weighted by Crippen LogP contribution is -2.28. The monoisotopic (exact) mass is 278 g/mol. The predicted molar refractivity (Wildman–Crippen MR) is 72.1 cm³/mol. The first-order valence-electron chi connectivity index (χ1n) is 6.62. The van der Waals surface area contributed by atoms with E-state index in [-0.39, 0.29) is 23.4 Å². The SMILES string of the molecule is COc1c(O)ccc2c1C(=O)OC(CCCC(C)=O)C2. The highest BCUT2D eigenvalue weighted by Crippen LogP contribution is 2.36. The van der Waals surface area contributed by atoms with E-state index in [1.807, 2.05) is 0 Å². The number of hydrogen-bond acceptors (Lipinski definition) is 5. The standard InChI is InChI=1S/C15H18O5/c1-9(16)4-3-5-11-8-10-6-7-12(17)14(19-2)13(10)15(18)20-11/h6-7,11,17H,3-5,8H2,1-2H3. The molecule has 1 heterocycles. The molecule has 108 valence electrons. The van der Waals surface area contributed by atoms with Crippen LogP contribution in [0.4, 0.5) is 0 Å². The van der Waals surface area contributed by atoms with Crippen LogP contribution < -0.4 is 4.74 Å². The molecule has 0 saturated carbocycles. The fraction of sp³-hybridized carbons (Fsp3) is 0.467. The number of ether oxygens (including phenoxy) is 2. The molecule has 1 aliphatic heterocycles. The Balaban J connectivity index is 2.14. The lowest BCUT2D eigenvalue weighted by molar-refractivity contribution is -0.117. The second-order valence-electron chi connectivity index (χ2n) is 4.98. The third-order valence-corrected chi connectivity index (χ3v) is 3.41. The Kier molecular flexibility index (Phi) is 4.27. The van der Waals surface area contributed by atoms with Crippen LogP contribution in [-0.2, 0) is 16.0 Å². The van der Waals surface area contributed by atoms with E-state index >= 15 is 0 Å². The number of fused-ring (bicyclic) bond motifs is 1. The van der Waals surface area contributed by atoms with E-state index < -0.39 is 5.97 Å². The van der Waals surface area contributed by atoms with Gasteiger partial charge in [-0.2, -0.15) is 0 Å². The summed E-state index contributed by atoms with van der Waals surface area (Å²) in [5.41, 5.74) is 1.11. The van der Waals surface area contributed by atoms with Crippen molar-refractivity contribution in [1.29, 1.82) is 0 Å². The molecule has 1 atom stereocenters. The lowest BCUT2D eigenvalue weighted by atomic mass is 9.94. The molecule has 1 unspecified atom stereocenters. The smallest absolute Gasteiger partial charge is 0.342 e. The van der Waals surface area contributed by atoms with Crippen LogP contribution in [0.1, 0.15) is 42.1 Å². The van der Waals surface area contributed by atoms with E-state index in [9.17, 15) is 14.7 Å². The lowest BCUT2D eigenvalue weighted by Gasteiger charge is -2.26. The van der Waals surface area contributed by atoms with Crippen molar-refractivity contribution in [2.75, 3.05) is 7.11 Å². The molecule has 0 aliphatic carbocycles. The molecule has 0 radical (unpaired) electrons. The zero-order valence-corrected chi connectivity index (χ0v) is 11.6. The zero-order valence-electron chi connectivity index (χ0n) is 11.6.